The zero-order chi connectivity index (χ0) is 12.8. The molecule has 1 aromatic carbocycles. The zero-order valence-electron chi connectivity index (χ0n) is 10.2. The normalized spacial score (nSPS) is 18.6. The average molecular weight is 263 g/mol. The van der Waals surface area contributed by atoms with Crippen LogP contribution in [0.4, 0.5) is 0 Å². The molecule has 1 atom stereocenters. The third-order valence-corrected chi connectivity index (χ3v) is 4.15. The summed E-state index contributed by atoms with van der Waals surface area (Å²) in [5, 5.41) is 15.3. The smallest absolute Gasteiger partial charge is 0.107 e. The standard InChI is InChI=1S/C14H15ClN2O/c1-17-12(11(15)9-16-17)13(18)14(7-8-14)10-5-3-2-4-6-10/h2-6,9,13,18H,7-8H2,1H3. The number of rotatable bonds is 3. The van der Waals surface area contributed by atoms with Crippen molar-refractivity contribution in [2.24, 2.45) is 7.05 Å². The van der Waals surface area contributed by atoms with Crippen LogP contribution in [0.3, 0.4) is 0 Å². The molecule has 1 saturated carbocycles. The fourth-order valence-corrected chi connectivity index (χ4v) is 2.88. The number of benzene rings is 1. The summed E-state index contributed by atoms with van der Waals surface area (Å²) >= 11 is 6.12. The van der Waals surface area contributed by atoms with E-state index in [0.717, 1.165) is 12.8 Å². The topological polar surface area (TPSA) is 38.0 Å². The molecular formula is C14H15ClN2O. The Bertz CT molecular complexity index is 541. The molecule has 2 aromatic rings. The highest BCUT2D eigenvalue weighted by atomic mass is 35.5. The van der Waals surface area contributed by atoms with Crippen LogP contribution in [-0.2, 0) is 12.5 Å². The Hall–Kier alpha value is -1.32. The Morgan fingerprint density at radius 1 is 1.33 bits per heavy atom. The lowest BCUT2D eigenvalue weighted by molar-refractivity contribution is 0.124. The number of aryl methyl sites for hydroxylation is 1. The van der Waals surface area contributed by atoms with Gasteiger partial charge in [0.2, 0.25) is 0 Å². The van der Waals surface area contributed by atoms with Crippen LogP contribution in [0.1, 0.15) is 30.2 Å². The fourth-order valence-electron chi connectivity index (χ4n) is 2.61. The number of aromatic nitrogens is 2. The lowest BCUT2D eigenvalue weighted by Crippen LogP contribution is -2.21. The van der Waals surface area contributed by atoms with E-state index in [9.17, 15) is 5.11 Å². The quantitative estimate of drug-likeness (QED) is 0.924. The highest BCUT2D eigenvalue weighted by Crippen LogP contribution is 2.57. The molecule has 0 bridgehead atoms. The molecule has 3 nitrogen and oxygen atoms in total. The van der Waals surface area contributed by atoms with E-state index in [1.54, 1.807) is 10.9 Å². The number of halogens is 1. The van der Waals surface area contributed by atoms with Crippen LogP contribution in [-0.4, -0.2) is 14.9 Å². The Morgan fingerprint density at radius 2 is 2.00 bits per heavy atom. The molecule has 0 amide bonds. The van der Waals surface area contributed by atoms with Crippen LogP contribution in [0.15, 0.2) is 36.5 Å². The Balaban J connectivity index is 2.01. The second kappa shape index (κ2) is 4.11. The van der Waals surface area contributed by atoms with Gasteiger partial charge in [-0.15, -0.1) is 0 Å². The molecule has 1 unspecified atom stereocenters. The SMILES string of the molecule is Cn1ncc(Cl)c1C(O)C1(c2ccccc2)CC1. The van der Waals surface area contributed by atoms with Gasteiger partial charge in [0.15, 0.2) is 0 Å². The van der Waals surface area contributed by atoms with Gasteiger partial charge in [-0.3, -0.25) is 4.68 Å². The maximum Gasteiger partial charge on any atom is 0.107 e. The Kier molecular flexibility index (Phi) is 2.68. The molecule has 4 heteroatoms. The van der Waals surface area contributed by atoms with Crippen molar-refractivity contribution in [2.75, 3.05) is 0 Å². The van der Waals surface area contributed by atoms with Gasteiger partial charge < -0.3 is 5.11 Å². The monoisotopic (exact) mass is 262 g/mol. The van der Waals surface area contributed by atoms with Gasteiger partial charge in [-0.2, -0.15) is 5.10 Å². The van der Waals surface area contributed by atoms with Crippen LogP contribution in [0.25, 0.3) is 0 Å². The molecule has 1 aromatic heterocycles. The van der Waals surface area contributed by atoms with Crippen molar-refractivity contribution < 1.29 is 5.11 Å². The molecule has 18 heavy (non-hydrogen) atoms. The number of hydrogen-bond donors (Lipinski definition) is 1. The predicted molar refractivity (Wildman–Crippen MR) is 70.5 cm³/mol. The van der Waals surface area contributed by atoms with E-state index in [1.165, 1.54) is 5.56 Å². The maximum absolute atomic E-state index is 10.7. The van der Waals surface area contributed by atoms with Crippen molar-refractivity contribution in [3.05, 3.63) is 52.8 Å². The van der Waals surface area contributed by atoms with E-state index in [0.29, 0.717) is 10.7 Å². The molecule has 94 valence electrons. The summed E-state index contributed by atoms with van der Waals surface area (Å²) in [5.74, 6) is 0. The van der Waals surface area contributed by atoms with E-state index in [4.69, 9.17) is 11.6 Å². The minimum Gasteiger partial charge on any atom is -0.386 e. The van der Waals surface area contributed by atoms with Crippen molar-refractivity contribution in [2.45, 2.75) is 24.4 Å². The first-order valence-electron chi connectivity index (χ1n) is 6.06. The number of nitrogens with zero attached hydrogens (tertiary/aromatic N) is 2. The van der Waals surface area contributed by atoms with Crippen molar-refractivity contribution >= 4 is 11.6 Å². The first-order chi connectivity index (χ1) is 8.65. The second-order valence-corrected chi connectivity index (χ2v) is 5.33. The van der Waals surface area contributed by atoms with E-state index in [2.05, 4.69) is 17.2 Å². The van der Waals surface area contributed by atoms with E-state index < -0.39 is 6.10 Å². The van der Waals surface area contributed by atoms with Gasteiger partial charge in [-0.1, -0.05) is 41.9 Å². The lowest BCUT2D eigenvalue weighted by atomic mass is 9.88. The molecule has 1 heterocycles. The predicted octanol–water partition coefficient (Wildman–Crippen LogP) is 2.84. The van der Waals surface area contributed by atoms with E-state index in [1.807, 2.05) is 25.2 Å². The number of hydrogen-bond acceptors (Lipinski definition) is 2. The number of aliphatic hydroxyl groups is 1. The Morgan fingerprint density at radius 3 is 2.50 bits per heavy atom. The summed E-state index contributed by atoms with van der Waals surface area (Å²) in [6.45, 7) is 0. The van der Waals surface area contributed by atoms with Crippen molar-refractivity contribution in [3.63, 3.8) is 0 Å². The summed E-state index contributed by atoms with van der Waals surface area (Å²) in [6, 6.07) is 10.1. The van der Waals surface area contributed by atoms with Gasteiger partial charge in [0, 0.05) is 12.5 Å². The summed E-state index contributed by atoms with van der Waals surface area (Å²) < 4.78 is 1.66. The third-order valence-electron chi connectivity index (χ3n) is 3.86. The first kappa shape index (κ1) is 11.8. The van der Waals surface area contributed by atoms with E-state index in [-0.39, 0.29) is 5.41 Å². The van der Waals surface area contributed by atoms with Crippen molar-refractivity contribution in [3.8, 4) is 0 Å². The first-order valence-corrected chi connectivity index (χ1v) is 6.44. The molecule has 0 radical (unpaired) electrons. The van der Waals surface area contributed by atoms with Crippen LogP contribution >= 0.6 is 11.6 Å². The minimum atomic E-state index is -0.597. The van der Waals surface area contributed by atoms with Gasteiger partial charge in [-0.05, 0) is 18.4 Å². The summed E-state index contributed by atoms with van der Waals surface area (Å²) in [4.78, 5) is 0. The van der Waals surface area contributed by atoms with Crippen LogP contribution in [0.5, 0.6) is 0 Å². The molecular weight excluding hydrogens is 248 g/mol. The van der Waals surface area contributed by atoms with Gasteiger partial charge >= 0.3 is 0 Å². The third kappa shape index (κ3) is 1.66. The highest BCUT2D eigenvalue weighted by Gasteiger charge is 2.52. The summed E-state index contributed by atoms with van der Waals surface area (Å²) in [5.41, 5.74) is 1.70. The van der Waals surface area contributed by atoms with Gasteiger partial charge in [0.1, 0.15) is 6.10 Å². The molecule has 0 spiro atoms. The van der Waals surface area contributed by atoms with Gasteiger partial charge in [0.25, 0.3) is 0 Å². The zero-order valence-corrected chi connectivity index (χ0v) is 10.9. The second-order valence-electron chi connectivity index (χ2n) is 4.93. The van der Waals surface area contributed by atoms with Crippen LogP contribution < -0.4 is 0 Å². The largest absolute Gasteiger partial charge is 0.386 e. The molecule has 0 aliphatic heterocycles. The van der Waals surface area contributed by atoms with Gasteiger partial charge in [-0.25, -0.2) is 0 Å². The molecule has 0 saturated heterocycles. The minimum absolute atomic E-state index is 0.182. The summed E-state index contributed by atoms with van der Waals surface area (Å²) in [7, 11) is 1.81. The fraction of sp³-hybridized carbons (Fsp3) is 0.357. The molecule has 1 aliphatic carbocycles. The maximum atomic E-state index is 10.7. The van der Waals surface area contributed by atoms with Crippen LogP contribution in [0, 0.1) is 0 Å². The van der Waals surface area contributed by atoms with Crippen molar-refractivity contribution in [1.82, 2.24) is 9.78 Å². The van der Waals surface area contributed by atoms with E-state index >= 15 is 0 Å². The lowest BCUT2D eigenvalue weighted by Gasteiger charge is -2.23. The Labute approximate surface area is 111 Å². The number of aliphatic hydroxyl groups excluding tert-OH is 1. The summed E-state index contributed by atoms with van der Waals surface area (Å²) in [6.07, 6.45) is 2.96. The molecule has 3 rings (SSSR count). The molecule has 1 aliphatic rings. The van der Waals surface area contributed by atoms with Crippen LogP contribution in [0.2, 0.25) is 5.02 Å². The molecule has 1 fully saturated rings. The average Bonchev–Trinajstić information content (AvgIpc) is 3.13. The van der Waals surface area contributed by atoms with Gasteiger partial charge in [0.05, 0.1) is 16.9 Å². The highest BCUT2D eigenvalue weighted by molar-refractivity contribution is 6.31. The van der Waals surface area contributed by atoms with Crippen molar-refractivity contribution in [1.29, 1.82) is 0 Å². The molecule has 1 N–H and O–H groups in total.